The van der Waals surface area contributed by atoms with Gasteiger partial charge in [0.2, 0.25) is 10.0 Å². The number of hydrogen-bond donors (Lipinski definition) is 2. The average molecular weight is 451 g/mol. The third kappa shape index (κ3) is 6.45. The highest BCUT2D eigenvalue weighted by Gasteiger charge is 2.22. The van der Waals surface area contributed by atoms with E-state index in [2.05, 4.69) is 10.0 Å². The minimum absolute atomic E-state index is 0.00400. The van der Waals surface area contributed by atoms with Gasteiger partial charge in [0.05, 0.1) is 4.90 Å². The predicted molar refractivity (Wildman–Crippen MR) is 117 cm³/mol. The molecule has 0 aromatic heterocycles. The van der Waals surface area contributed by atoms with Crippen LogP contribution in [0.3, 0.4) is 0 Å². The quantitative estimate of drug-likeness (QED) is 0.637. The minimum Gasteiger partial charge on any atom is -0.484 e. The van der Waals surface area contributed by atoms with Gasteiger partial charge in [0.15, 0.2) is 6.61 Å². The number of carbonyl (C=O) groups is 1. The molecule has 1 aliphatic carbocycles. The Bertz CT molecular complexity index is 971. The number of nitrogens with one attached hydrogen (secondary N) is 2. The molecule has 8 heteroatoms. The molecule has 0 atom stereocenters. The summed E-state index contributed by atoms with van der Waals surface area (Å²) in [5.74, 6) is 0.216. The fraction of sp³-hybridized carbons (Fsp3) is 0.409. The number of rotatable bonds is 8. The molecule has 6 nitrogen and oxygen atoms in total. The largest absolute Gasteiger partial charge is 0.484 e. The van der Waals surface area contributed by atoms with Crippen molar-refractivity contribution in [2.24, 2.45) is 0 Å². The van der Waals surface area contributed by atoms with Crippen LogP contribution >= 0.6 is 11.6 Å². The van der Waals surface area contributed by atoms with Crippen LogP contribution in [0.4, 0.5) is 0 Å². The van der Waals surface area contributed by atoms with Crippen LogP contribution in [-0.2, 0) is 21.4 Å². The summed E-state index contributed by atoms with van der Waals surface area (Å²) in [6.45, 7) is 1.99. The summed E-state index contributed by atoms with van der Waals surface area (Å²) in [5.41, 5.74) is 1.59. The molecule has 0 aliphatic heterocycles. The maximum atomic E-state index is 12.6. The van der Waals surface area contributed by atoms with Crippen molar-refractivity contribution < 1.29 is 17.9 Å². The number of amides is 1. The van der Waals surface area contributed by atoms with E-state index in [9.17, 15) is 13.2 Å². The average Bonchev–Trinajstić information content (AvgIpc) is 2.73. The van der Waals surface area contributed by atoms with Crippen LogP contribution in [0.2, 0.25) is 5.02 Å². The van der Waals surface area contributed by atoms with Crippen molar-refractivity contribution in [3.63, 3.8) is 0 Å². The molecule has 1 aliphatic rings. The highest BCUT2D eigenvalue weighted by Crippen LogP contribution is 2.24. The lowest BCUT2D eigenvalue weighted by atomic mass is 9.96. The van der Waals surface area contributed by atoms with Gasteiger partial charge in [-0.1, -0.05) is 43.0 Å². The Morgan fingerprint density at radius 2 is 1.80 bits per heavy atom. The maximum absolute atomic E-state index is 12.6. The van der Waals surface area contributed by atoms with Crippen molar-refractivity contribution >= 4 is 27.5 Å². The van der Waals surface area contributed by atoms with Gasteiger partial charge in [0.25, 0.3) is 5.91 Å². The van der Waals surface area contributed by atoms with Crippen LogP contribution in [0.5, 0.6) is 5.75 Å². The van der Waals surface area contributed by atoms with Crippen molar-refractivity contribution in [1.29, 1.82) is 0 Å². The second kappa shape index (κ2) is 10.3. The Morgan fingerprint density at radius 1 is 1.10 bits per heavy atom. The van der Waals surface area contributed by atoms with E-state index in [-0.39, 0.29) is 23.5 Å². The van der Waals surface area contributed by atoms with Crippen LogP contribution in [-0.4, -0.2) is 27.0 Å². The summed E-state index contributed by atoms with van der Waals surface area (Å²) in [6, 6.07) is 11.9. The van der Waals surface area contributed by atoms with E-state index >= 15 is 0 Å². The SMILES string of the molecule is Cc1cc(S(=O)(=O)NC2CCCCC2)ccc1OCC(=O)NCc1ccc(Cl)cc1. The van der Waals surface area contributed by atoms with Gasteiger partial charge in [-0.2, -0.15) is 0 Å². The van der Waals surface area contributed by atoms with Gasteiger partial charge >= 0.3 is 0 Å². The molecule has 2 aromatic rings. The molecular weight excluding hydrogens is 424 g/mol. The van der Waals surface area contributed by atoms with Crippen LogP contribution in [0.25, 0.3) is 0 Å². The zero-order chi connectivity index (χ0) is 21.6. The zero-order valence-corrected chi connectivity index (χ0v) is 18.6. The zero-order valence-electron chi connectivity index (χ0n) is 17.0. The van der Waals surface area contributed by atoms with Gasteiger partial charge < -0.3 is 10.1 Å². The minimum atomic E-state index is -3.57. The Labute approximate surface area is 183 Å². The van der Waals surface area contributed by atoms with E-state index in [1.807, 2.05) is 12.1 Å². The monoisotopic (exact) mass is 450 g/mol. The first-order chi connectivity index (χ1) is 14.3. The third-order valence-corrected chi connectivity index (χ3v) is 6.92. The first-order valence-corrected chi connectivity index (χ1v) is 12.0. The number of benzene rings is 2. The first-order valence-electron chi connectivity index (χ1n) is 10.1. The lowest BCUT2D eigenvalue weighted by Gasteiger charge is -2.22. The third-order valence-electron chi connectivity index (χ3n) is 5.15. The second-order valence-corrected chi connectivity index (χ2v) is 9.73. The van der Waals surface area contributed by atoms with E-state index in [0.29, 0.717) is 22.9 Å². The van der Waals surface area contributed by atoms with Crippen molar-refractivity contribution in [2.45, 2.75) is 56.5 Å². The summed E-state index contributed by atoms with van der Waals surface area (Å²) in [4.78, 5) is 12.3. The molecule has 3 rings (SSSR count). The highest BCUT2D eigenvalue weighted by atomic mass is 35.5. The number of aryl methyl sites for hydroxylation is 1. The molecule has 1 amide bonds. The van der Waals surface area contributed by atoms with Crippen LogP contribution in [0, 0.1) is 6.92 Å². The number of carbonyl (C=O) groups excluding carboxylic acids is 1. The standard InChI is InChI=1S/C22H27ClN2O4S/c1-16-13-20(30(27,28)25-19-5-3-2-4-6-19)11-12-21(16)29-15-22(26)24-14-17-7-9-18(23)10-8-17/h7-13,19,25H,2-6,14-15H2,1H3,(H,24,26). The van der Waals surface area contributed by atoms with Crippen LogP contribution in [0.15, 0.2) is 47.4 Å². The number of sulfonamides is 1. The summed E-state index contributed by atoms with van der Waals surface area (Å²) < 4.78 is 33.7. The van der Waals surface area contributed by atoms with Crippen molar-refractivity contribution in [1.82, 2.24) is 10.0 Å². The van der Waals surface area contributed by atoms with E-state index in [0.717, 1.165) is 37.7 Å². The maximum Gasteiger partial charge on any atom is 0.258 e. The van der Waals surface area contributed by atoms with E-state index in [1.54, 1.807) is 31.2 Å². The van der Waals surface area contributed by atoms with Gasteiger partial charge in [0.1, 0.15) is 5.75 Å². The van der Waals surface area contributed by atoms with E-state index in [4.69, 9.17) is 16.3 Å². The highest BCUT2D eigenvalue weighted by molar-refractivity contribution is 7.89. The lowest BCUT2D eigenvalue weighted by molar-refractivity contribution is -0.123. The Morgan fingerprint density at radius 3 is 2.47 bits per heavy atom. The second-order valence-electron chi connectivity index (χ2n) is 7.58. The Hall–Kier alpha value is -2.09. The van der Waals surface area contributed by atoms with Gasteiger partial charge in [-0.3, -0.25) is 4.79 Å². The normalized spacial score (nSPS) is 15.0. The number of ether oxygens (including phenoxy) is 1. The van der Waals surface area contributed by atoms with Gasteiger partial charge in [-0.25, -0.2) is 13.1 Å². The van der Waals surface area contributed by atoms with Gasteiger partial charge in [-0.15, -0.1) is 0 Å². The van der Waals surface area contributed by atoms with Crippen LogP contribution in [0.1, 0.15) is 43.2 Å². The van der Waals surface area contributed by atoms with Crippen molar-refractivity contribution in [2.75, 3.05) is 6.61 Å². The molecule has 1 fully saturated rings. The fourth-order valence-electron chi connectivity index (χ4n) is 3.46. The molecule has 30 heavy (non-hydrogen) atoms. The molecule has 2 aromatic carbocycles. The van der Waals surface area contributed by atoms with Gasteiger partial charge in [0, 0.05) is 17.6 Å². The molecule has 0 saturated heterocycles. The fourth-order valence-corrected chi connectivity index (χ4v) is 4.97. The Kier molecular flexibility index (Phi) is 7.75. The van der Waals surface area contributed by atoms with Crippen molar-refractivity contribution in [3.05, 3.63) is 58.6 Å². The number of halogens is 1. The summed E-state index contributed by atoms with van der Waals surface area (Å²) in [6.07, 6.45) is 5.03. The molecule has 0 spiro atoms. The topological polar surface area (TPSA) is 84.5 Å². The van der Waals surface area contributed by atoms with E-state index < -0.39 is 10.0 Å². The summed E-state index contributed by atoms with van der Waals surface area (Å²) in [7, 11) is -3.57. The van der Waals surface area contributed by atoms with Crippen LogP contribution < -0.4 is 14.8 Å². The smallest absolute Gasteiger partial charge is 0.258 e. The summed E-state index contributed by atoms with van der Waals surface area (Å²) >= 11 is 5.85. The summed E-state index contributed by atoms with van der Waals surface area (Å²) in [5, 5.41) is 3.42. The molecule has 162 valence electrons. The molecule has 1 saturated carbocycles. The Balaban J connectivity index is 1.53. The van der Waals surface area contributed by atoms with E-state index in [1.165, 1.54) is 6.07 Å². The molecule has 2 N–H and O–H groups in total. The molecule has 0 radical (unpaired) electrons. The predicted octanol–water partition coefficient (Wildman–Crippen LogP) is 3.95. The van der Waals surface area contributed by atoms with Gasteiger partial charge in [-0.05, 0) is 61.2 Å². The molecule has 0 unspecified atom stereocenters. The number of hydrogen-bond acceptors (Lipinski definition) is 4. The first kappa shape index (κ1) is 22.6. The molecular formula is C22H27ClN2O4S. The molecule has 0 heterocycles. The molecule has 0 bridgehead atoms. The van der Waals surface area contributed by atoms with Crippen molar-refractivity contribution in [3.8, 4) is 5.75 Å². The lowest BCUT2D eigenvalue weighted by Crippen LogP contribution is -2.36.